The van der Waals surface area contributed by atoms with Gasteiger partial charge < -0.3 is 15.6 Å². The van der Waals surface area contributed by atoms with Crippen LogP contribution in [0.3, 0.4) is 0 Å². The molecule has 36 heavy (non-hydrogen) atoms. The predicted octanol–water partition coefficient (Wildman–Crippen LogP) is 5.34. The number of nitrogens with one attached hydrogen (secondary N) is 4. The highest BCUT2D eigenvalue weighted by Crippen LogP contribution is 2.26. The van der Waals surface area contributed by atoms with Crippen LogP contribution in [0.25, 0.3) is 10.9 Å². The van der Waals surface area contributed by atoms with Gasteiger partial charge in [-0.3, -0.25) is 14.3 Å². The molecule has 0 aliphatic heterocycles. The maximum absolute atomic E-state index is 13.2. The van der Waals surface area contributed by atoms with E-state index < -0.39 is 21.8 Å². The van der Waals surface area contributed by atoms with Crippen molar-refractivity contribution in [3.8, 4) is 0 Å². The lowest BCUT2D eigenvalue weighted by molar-refractivity contribution is 0.102. The summed E-state index contributed by atoms with van der Waals surface area (Å²) in [5.74, 6) is -0.876. The van der Waals surface area contributed by atoms with E-state index in [-0.39, 0.29) is 22.4 Å². The van der Waals surface area contributed by atoms with E-state index in [1.165, 1.54) is 18.2 Å². The maximum Gasteiger partial charge on any atom is 0.257 e. The van der Waals surface area contributed by atoms with E-state index in [9.17, 15) is 18.0 Å². The van der Waals surface area contributed by atoms with Crippen molar-refractivity contribution >= 4 is 49.8 Å². The number of hydrogen-bond acceptors (Lipinski definition) is 4. The maximum atomic E-state index is 13.2. The summed E-state index contributed by atoms with van der Waals surface area (Å²) < 4.78 is 25.8. The quantitative estimate of drug-likeness (QED) is 0.283. The van der Waals surface area contributed by atoms with Crippen molar-refractivity contribution in [2.45, 2.75) is 26.2 Å². The molecule has 0 fully saturated rings. The van der Waals surface area contributed by atoms with Gasteiger partial charge in [-0.15, -0.1) is 0 Å². The van der Waals surface area contributed by atoms with Crippen LogP contribution in [0.5, 0.6) is 0 Å². The number of aromatic amines is 1. The monoisotopic (exact) mass is 504 g/mol. The highest BCUT2D eigenvalue weighted by atomic mass is 32.2. The highest BCUT2D eigenvalue weighted by Gasteiger charge is 2.18. The Morgan fingerprint density at radius 1 is 0.806 bits per heavy atom. The minimum absolute atomic E-state index is 0.0605. The number of carbonyl (C=O) groups is 2. The third-order valence-corrected chi connectivity index (χ3v) is 6.25. The number of fused-ring (bicyclic) bond motifs is 1. The Bertz CT molecular complexity index is 1550. The molecule has 0 atom stereocenters. The number of hydrogen-bond donors (Lipinski definition) is 4. The summed E-state index contributed by atoms with van der Waals surface area (Å²) in [5.41, 5.74) is 3.45. The Hall–Kier alpha value is -4.11. The molecule has 0 aliphatic carbocycles. The number of rotatable bonds is 6. The molecule has 9 heteroatoms. The van der Waals surface area contributed by atoms with Crippen molar-refractivity contribution in [1.29, 1.82) is 0 Å². The molecule has 2 amide bonds. The number of H-pyrrole nitrogens is 1. The lowest BCUT2D eigenvalue weighted by Crippen LogP contribution is -2.19. The first-order valence-corrected chi connectivity index (χ1v) is 13.2. The van der Waals surface area contributed by atoms with Crippen LogP contribution in [0, 0.1) is 0 Å². The van der Waals surface area contributed by atoms with Crippen LogP contribution in [0.15, 0.2) is 72.9 Å². The predicted molar refractivity (Wildman–Crippen MR) is 144 cm³/mol. The largest absolute Gasteiger partial charge is 0.361 e. The van der Waals surface area contributed by atoms with Crippen LogP contribution < -0.4 is 15.4 Å². The standard InChI is InChI=1S/C27H28N4O4S/c1-27(2,3)19-8-5-18(6-9-19)25(32)30-24-16-21(31-36(4,34)35)11-12-22(24)26(33)29-20-10-7-17-13-14-28-23(17)15-20/h5-16,28,31H,1-4H3,(H,29,33)(H,30,32). The van der Waals surface area contributed by atoms with Gasteiger partial charge >= 0.3 is 0 Å². The van der Waals surface area contributed by atoms with E-state index >= 15 is 0 Å². The van der Waals surface area contributed by atoms with Gasteiger partial charge in [0.2, 0.25) is 10.0 Å². The van der Waals surface area contributed by atoms with Gasteiger partial charge in [-0.2, -0.15) is 0 Å². The fourth-order valence-electron chi connectivity index (χ4n) is 3.76. The molecular weight excluding hydrogens is 476 g/mol. The first kappa shape index (κ1) is 25.0. The molecule has 3 aromatic carbocycles. The average Bonchev–Trinajstić information content (AvgIpc) is 3.25. The van der Waals surface area contributed by atoms with Gasteiger partial charge in [0.15, 0.2) is 0 Å². The van der Waals surface area contributed by atoms with E-state index in [4.69, 9.17) is 0 Å². The first-order valence-electron chi connectivity index (χ1n) is 11.3. The summed E-state index contributed by atoms with van der Waals surface area (Å²) in [6.45, 7) is 6.25. The molecular formula is C27H28N4O4S. The van der Waals surface area contributed by atoms with E-state index in [0.29, 0.717) is 11.3 Å². The van der Waals surface area contributed by atoms with Gasteiger partial charge in [-0.25, -0.2) is 8.42 Å². The van der Waals surface area contributed by atoms with Crippen LogP contribution in [-0.2, 0) is 15.4 Å². The summed E-state index contributed by atoms with van der Waals surface area (Å²) in [4.78, 5) is 29.3. The smallest absolute Gasteiger partial charge is 0.257 e. The van der Waals surface area contributed by atoms with Gasteiger partial charge in [-0.1, -0.05) is 39.0 Å². The van der Waals surface area contributed by atoms with Crippen LogP contribution in [-0.4, -0.2) is 31.5 Å². The Labute approximate surface area is 210 Å². The number of benzene rings is 3. The third kappa shape index (κ3) is 5.92. The van der Waals surface area contributed by atoms with Crippen molar-refractivity contribution < 1.29 is 18.0 Å². The third-order valence-electron chi connectivity index (χ3n) is 5.64. The van der Waals surface area contributed by atoms with Crippen LogP contribution in [0.4, 0.5) is 17.1 Å². The minimum atomic E-state index is -3.56. The molecule has 4 aromatic rings. The molecule has 0 saturated carbocycles. The lowest BCUT2D eigenvalue weighted by Gasteiger charge is -2.19. The van der Waals surface area contributed by atoms with Crippen molar-refractivity contribution in [2.75, 3.05) is 21.6 Å². The Morgan fingerprint density at radius 3 is 2.17 bits per heavy atom. The molecule has 186 valence electrons. The van der Waals surface area contributed by atoms with Gasteiger partial charge in [0.1, 0.15) is 0 Å². The molecule has 0 radical (unpaired) electrons. The molecule has 4 rings (SSSR count). The topological polar surface area (TPSA) is 120 Å². The fraction of sp³-hybridized carbons (Fsp3) is 0.185. The number of amides is 2. The Kier molecular flexibility index (Phi) is 6.60. The van der Waals surface area contributed by atoms with Gasteiger partial charge in [0.05, 0.1) is 23.2 Å². The SMILES string of the molecule is CC(C)(C)c1ccc(C(=O)Nc2cc(NS(C)(=O)=O)ccc2C(=O)Nc2ccc3cc[nH]c3c2)cc1. The summed E-state index contributed by atoms with van der Waals surface area (Å²) in [5, 5.41) is 6.61. The molecule has 0 bridgehead atoms. The van der Waals surface area contributed by atoms with Crippen LogP contribution in [0.1, 0.15) is 47.1 Å². The average molecular weight is 505 g/mol. The minimum Gasteiger partial charge on any atom is -0.361 e. The summed E-state index contributed by atoms with van der Waals surface area (Å²) >= 11 is 0. The normalized spacial score (nSPS) is 11.8. The molecule has 4 N–H and O–H groups in total. The van der Waals surface area contributed by atoms with Crippen molar-refractivity contribution in [1.82, 2.24) is 4.98 Å². The van der Waals surface area contributed by atoms with Crippen LogP contribution >= 0.6 is 0 Å². The van der Waals surface area contributed by atoms with E-state index in [1.54, 1.807) is 18.2 Å². The van der Waals surface area contributed by atoms with Crippen molar-refractivity contribution in [2.24, 2.45) is 0 Å². The molecule has 1 heterocycles. The summed E-state index contributed by atoms with van der Waals surface area (Å²) in [6.07, 6.45) is 2.84. The Balaban J connectivity index is 1.63. The first-order chi connectivity index (χ1) is 16.9. The number of sulfonamides is 1. The molecule has 0 spiro atoms. The zero-order valence-corrected chi connectivity index (χ0v) is 21.3. The van der Waals surface area contributed by atoms with Crippen LogP contribution in [0.2, 0.25) is 0 Å². The van der Waals surface area contributed by atoms with E-state index in [0.717, 1.165) is 22.7 Å². The van der Waals surface area contributed by atoms with Gasteiger partial charge in [0.25, 0.3) is 11.8 Å². The second-order valence-corrected chi connectivity index (χ2v) is 11.4. The highest BCUT2D eigenvalue weighted by molar-refractivity contribution is 7.92. The van der Waals surface area contributed by atoms with Crippen molar-refractivity contribution in [3.05, 3.63) is 89.6 Å². The van der Waals surface area contributed by atoms with E-state index in [2.05, 4.69) is 41.1 Å². The zero-order valence-electron chi connectivity index (χ0n) is 20.5. The number of aromatic nitrogens is 1. The zero-order chi connectivity index (χ0) is 26.1. The molecule has 8 nitrogen and oxygen atoms in total. The fourth-order valence-corrected chi connectivity index (χ4v) is 4.32. The van der Waals surface area contributed by atoms with Crippen molar-refractivity contribution in [3.63, 3.8) is 0 Å². The number of carbonyl (C=O) groups excluding carboxylic acids is 2. The Morgan fingerprint density at radius 2 is 1.50 bits per heavy atom. The van der Waals surface area contributed by atoms with Gasteiger partial charge in [-0.05, 0) is 64.9 Å². The second-order valence-electron chi connectivity index (χ2n) is 9.65. The van der Waals surface area contributed by atoms with Gasteiger partial charge in [0, 0.05) is 23.0 Å². The van der Waals surface area contributed by atoms with E-state index in [1.807, 2.05) is 36.5 Å². The second kappa shape index (κ2) is 9.50. The summed E-state index contributed by atoms with van der Waals surface area (Å²) in [6, 6.07) is 19.0. The molecule has 0 saturated heterocycles. The summed E-state index contributed by atoms with van der Waals surface area (Å²) in [7, 11) is -3.56. The molecule has 0 aliphatic rings. The lowest BCUT2D eigenvalue weighted by atomic mass is 9.86. The number of anilines is 3. The molecule has 1 aromatic heterocycles. The molecule has 0 unspecified atom stereocenters.